The van der Waals surface area contributed by atoms with E-state index in [0.29, 0.717) is 19.0 Å². The fourth-order valence-electron chi connectivity index (χ4n) is 3.98. The van der Waals surface area contributed by atoms with E-state index in [1.807, 2.05) is 6.07 Å². The second kappa shape index (κ2) is 8.43. The summed E-state index contributed by atoms with van der Waals surface area (Å²) in [5, 5.41) is 2.09. The normalized spacial score (nSPS) is 19.5. The van der Waals surface area contributed by atoms with Gasteiger partial charge in [0, 0.05) is 38.4 Å². The summed E-state index contributed by atoms with van der Waals surface area (Å²) in [4.78, 5) is 31.7. The van der Waals surface area contributed by atoms with Crippen LogP contribution in [-0.4, -0.2) is 52.1 Å². The van der Waals surface area contributed by atoms with Gasteiger partial charge in [0.15, 0.2) is 5.82 Å². The Labute approximate surface area is 160 Å². The average Bonchev–Trinajstić information content (AvgIpc) is 3.17. The van der Waals surface area contributed by atoms with Gasteiger partial charge in [-0.05, 0) is 38.5 Å². The Balaban J connectivity index is 2.01. The van der Waals surface area contributed by atoms with Crippen LogP contribution in [0.3, 0.4) is 0 Å². The molecule has 3 N–H and O–H groups in total. The van der Waals surface area contributed by atoms with E-state index in [1.54, 1.807) is 13.8 Å². The third-order valence-electron chi connectivity index (χ3n) is 5.86. The number of hydrogen-bond donors (Lipinski definition) is 3. The van der Waals surface area contributed by atoms with Gasteiger partial charge in [-0.15, -0.1) is 0 Å². The zero-order valence-electron chi connectivity index (χ0n) is 16.2. The maximum absolute atomic E-state index is 12.4. The topological polar surface area (TPSA) is 108 Å². The van der Waals surface area contributed by atoms with Crippen LogP contribution in [0.15, 0.2) is 6.07 Å². The lowest BCUT2D eigenvalue weighted by molar-refractivity contribution is 0.0904. The van der Waals surface area contributed by atoms with Gasteiger partial charge in [0.05, 0.1) is 0 Å². The third kappa shape index (κ3) is 4.29. The van der Waals surface area contributed by atoms with Gasteiger partial charge in [-0.2, -0.15) is 0 Å². The Morgan fingerprint density at radius 3 is 2.41 bits per heavy atom. The van der Waals surface area contributed by atoms with Crippen molar-refractivity contribution in [3.8, 4) is 0 Å². The van der Waals surface area contributed by atoms with Gasteiger partial charge in [0.2, 0.25) is 0 Å². The summed E-state index contributed by atoms with van der Waals surface area (Å²) < 4.78 is 17.8. The summed E-state index contributed by atoms with van der Waals surface area (Å²) in [7, 11) is -4.43. The number of ether oxygens (including phenoxy) is 1. The van der Waals surface area contributed by atoms with Crippen LogP contribution in [-0.2, 0) is 14.5 Å². The first-order chi connectivity index (χ1) is 12.9. The molecule has 0 radical (unpaired) electrons. The number of rotatable bonds is 7. The molecule has 3 rings (SSSR count). The predicted octanol–water partition coefficient (Wildman–Crippen LogP) is 2.86. The van der Waals surface area contributed by atoms with Crippen LogP contribution in [0.2, 0.25) is 0 Å². The van der Waals surface area contributed by atoms with Gasteiger partial charge in [-0.25, -0.2) is 9.97 Å². The zero-order chi connectivity index (χ0) is 19.5. The van der Waals surface area contributed by atoms with Crippen molar-refractivity contribution in [1.82, 2.24) is 9.97 Å². The van der Waals surface area contributed by atoms with Crippen molar-refractivity contribution in [2.45, 2.75) is 63.6 Å². The quantitative estimate of drug-likeness (QED) is 0.602. The first-order valence-corrected chi connectivity index (χ1v) is 11.6. The average molecular weight is 398 g/mol. The summed E-state index contributed by atoms with van der Waals surface area (Å²) in [6.45, 7) is 6.83. The first-order valence-electron chi connectivity index (χ1n) is 9.94. The summed E-state index contributed by atoms with van der Waals surface area (Å²) in [6.07, 6.45) is 4.57. The van der Waals surface area contributed by atoms with Crippen LogP contribution < -0.4 is 10.2 Å². The van der Waals surface area contributed by atoms with Crippen LogP contribution in [0, 0.1) is 0 Å². The molecule has 0 aliphatic carbocycles. The monoisotopic (exact) mass is 398 g/mol. The van der Waals surface area contributed by atoms with Gasteiger partial charge in [0.1, 0.15) is 16.8 Å². The van der Waals surface area contributed by atoms with Crippen molar-refractivity contribution in [2.24, 2.45) is 0 Å². The lowest BCUT2D eigenvalue weighted by Gasteiger charge is -2.32. The Morgan fingerprint density at radius 2 is 1.85 bits per heavy atom. The van der Waals surface area contributed by atoms with Gasteiger partial charge in [0.25, 0.3) is 0 Å². The highest BCUT2D eigenvalue weighted by atomic mass is 31.2. The lowest BCUT2D eigenvalue weighted by atomic mass is 10.0. The minimum Gasteiger partial charge on any atom is -0.381 e. The number of aromatic nitrogens is 2. The molecule has 8 nitrogen and oxygen atoms in total. The standard InChI is InChI=1S/C18H31N4O4P/c1-3-18(4-2,27(23,24)25)17-20-15(19-14-7-11-26-12-8-14)13-16(21-17)22-9-5-6-10-22/h13-14H,3-12H2,1-2H3,(H,19,20,21)(H2,23,24,25). The summed E-state index contributed by atoms with van der Waals surface area (Å²) in [5.74, 6) is 1.65. The molecule has 1 aromatic heterocycles. The van der Waals surface area contributed by atoms with E-state index >= 15 is 0 Å². The minimum atomic E-state index is -4.43. The molecule has 1 aromatic rings. The van der Waals surface area contributed by atoms with E-state index in [9.17, 15) is 14.4 Å². The third-order valence-corrected chi connectivity index (χ3v) is 7.81. The second-order valence-electron chi connectivity index (χ2n) is 7.44. The zero-order valence-corrected chi connectivity index (χ0v) is 17.1. The van der Waals surface area contributed by atoms with Crippen molar-refractivity contribution < 1.29 is 19.1 Å². The molecular weight excluding hydrogens is 367 g/mol. The van der Waals surface area contributed by atoms with Crippen molar-refractivity contribution >= 4 is 19.2 Å². The Kier molecular flexibility index (Phi) is 6.41. The fourth-order valence-corrected chi connectivity index (χ4v) is 5.17. The van der Waals surface area contributed by atoms with Crippen LogP contribution in [0.4, 0.5) is 11.6 Å². The Hall–Kier alpha value is -1.21. The predicted molar refractivity (Wildman–Crippen MR) is 105 cm³/mol. The molecule has 3 heterocycles. The molecule has 27 heavy (non-hydrogen) atoms. The molecule has 0 atom stereocenters. The number of anilines is 2. The van der Waals surface area contributed by atoms with Crippen LogP contribution in [0.1, 0.15) is 58.2 Å². The smallest absolute Gasteiger partial charge is 0.339 e. The van der Waals surface area contributed by atoms with Crippen LogP contribution in [0.5, 0.6) is 0 Å². The lowest BCUT2D eigenvalue weighted by Crippen LogP contribution is -2.32. The molecule has 0 unspecified atom stereocenters. The highest BCUT2D eigenvalue weighted by Gasteiger charge is 2.48. The SMILES string of the molecule is CCC(CC)(c1nc(NC2CCOCC2)cc(N2CCCC2)n1)P(=O)(O)O. The molecule has 0 spiro atoms. The molecule has 0 bridgehead atoms. The maximum atomic E-state index is 12.4. The van der Waals surface area contributed by atoms with Crippen LogP contribution >= 0.6 is 7.60 Å². The van der Waals surface area contributed by atoms with Gasteiger partial charge >= 0.3 is 7.60 Å². The number of nitrogens with one attached hydrogen (secondary N) is 1. The van der Waals surface area contributed by atoms with E-state index in [1.165, 1.54) is 0 Å². The number of nitrogens with zero attached hydrogens (tertiary/aromatic N) is 3. The Morgan fingerprint density at radius 1 is 1.22 bits per heavy atom. The highest BCUT2D eigenvalue weighted by Crippen LogP contribution is 2.60. The van der Waals surface area contributed by atoms with E-state index in [4.69, 9.17) is 4.74 Å². The van der Waals surface area contributed by atoms with Gasteiger partial charge < -0.3 is 24.7 Å². The first kappa shape index (κ1) is 20.5. The van der Waals surface area contributed by atoms with Crippen LogP contribution in [0.25, 0.3) is 0 Å². The molecule has 2 saturated heterocycles. The number of hydrogen-bond acceptors (Lipinski definition) is 6. The summed E-state index contributed by atoms with van der Waals surface area (Å²) in [6, 6.07) is 2.17. The van der Waals surface area contributed by atoms with Gasteiger partial charge in [-0.3, -0.25) is 4.57 Å². The largest absolute Gasteiger partial charge is 0.381 e. The summed E-state index contributed by atoms with van der Waals surface area (Å²) in [5.41, 5.74) is 0. The van der Waals surface area contributed by atoms with Crippen molar-refractivity contribution in [3.05, 3.63) is 11.9 Å². The van der Waals surface area contributed by atoms with E-state index in [2.05, 4.69) is 20.2 Å². The maximum Gasteiger partial charge on any atom is 0.339 e. The molecule has 0 amide bonds. The highest BCUT2D eigenvalue weighted by molar-refractivity contribution is 7.53. The van der Waals surface area contributed by atoms with E-state index in [-0.39, 0.29) is 24.7 Å². The van der Waals surface area contributed by atoms with Gasteiger partial charge in [-0.1, -0.05) is 13.8 Å². The Bertz CT molecular complexity index is 680. The van der Waals surface area contributed by atoms with E-state index in [0.717, 1.165) is 44.6 Å². The molecule has 0 aromatic carbocycles. The molecular formula is C18H31N4O4P. The fraction of sp³-hybridized carbons (Fsp3) is 0.778. The van der Waals surface area contributed by atoms with Crippen molar-refractivity contribution in [1.29, 1.82) is 0 Å². The van der Waals surface area contributed by atoms with Crippen molar-refractivity contribution in [2.75, 3.05) is 36.5 Å². The molecule has 2 fully saturated rings. The molecule has 2 aliphatic rings. The molecule has 9 heteroatoms. The summed E-state index contributed by atoms with van der Waals surface area (Å²) >= 11 is 0. The second-order valence-corrected chi connectivity index (χ2v) is 9.39. The van der Waals surface area contributed by atoms with Crippen molar-refractivity contribution in [3.63, 3.8) is 0 Å². The van der Waals surface area contributed by atoms with E-state index < -0.39 is 12.8 Å². The molecule has 0 saturated carbocycles. The molecule has 152 valence electrons. The minimum absolute atomic E-state index is 0.250. The molecule has 2 aliphatic heterocycles.